The van der Waals surface area contributed by atoms with Crippen LogP contribution < -0.4 is 14.2 Å². The number of piperidine rings is 1. The molecule has 0 N–H and O–H groups in total. The first kappa shape index (κ1) is 21.8. The largest absolute Gasteiger partial charge is 0.491 e. The van der Waals surface area contributed by atoms with Crippen LogP contribution in [-0.4, -0.2) is 60.3 Å². The molecule has 1 saturated carbocycles. The van der Waals surface area contributed by atoms with Gasteiger partial charge in [0.05, 0.1) is 5.54 Å². The maximum atomic E-state index is 14.4. The van der Waals surface area contributed by atoms with Gasteiger partial charge >= 0.3 is 0 Å². The number of carbonyl (C=O) groups is 1. The van der Waals surface area contributed by atoms with Gasteiger partial charge in [-0.15, -0.1) is 0 Å². The van der Waals surface area contributed by atoms with Gasteiger partial charge in [0.15, 0.2) is 11.5 Å². The number of amides is 1. The zero-order chi connectivity index (χ0) is 23.6. The summed E-state index contributed by atoms with van der Waals surface area (Å²) in [6.45, 7) is 6.10. The van der Waals surface area contributed by atoms with E-state index in [0.29, 0.717) is 24.0 Å². The number of nitrogens with zero attached hydrogens (tertiary/aromatic N) is 2. The molecule has 4 heterocycles. The molecule has 1 amide bonds. The van der Waals surface area contributed by atoms with Gasteiger partial charge in [0.25, 0.3) is 0 Å². The Bertz CT molecular complexity index is 1100. The standard InChI is InChI=1S/C29H36N2O4/c1-28-12-5-4-8-26(28)29(18-33-23-17-25-24(16-22(23)29)34-19-35-25)27(32)31(28)15-11-20-9-13-30(14-10-20)21-6-2-3-7-21/h4-5,8,16-17,20-21H,2-3,6-7,9-15,18-19H2,1H3. The summed E-state index contributed by atoms with van der Waals surface area (Å²) >= 11 is 0. The van der Waals surface area contributed by atoms with Crippen molar-refractivity contribution in [1.29, 1.82) is 0 Å². The smallest absolute Gasteiger partial charge is 0.241 e. The van der Waals surface area contributed by atoms with Crippen molar-refractivity contribution in [2.75, 3.05) is 33.0 Å². The van der Waals surface area contributed by atoms with Crippen LogP contribution in [0.2, 0.25) is 0 Å². The minimum absolute atomic E-state index is 0.191. The summed E-state index contributed by atoms with van der Waals surface area (Å²) < 4.78 is 17.4. The van der Waals surface area contributed by atoms with Crippen LogP contribution in [0.5, 0.6) is 17.2 Å². The fourth-order valence-corrected chi connectivity index (χ4v) is 7.75. The lowest BCUT2D eigenvalue weighted by Gasteiger charge is -2.39. The summed E-state index contributed by atoms with van der Waals surface area (Å²) in [5.74, 6) is 3.06. The molecule has 1 aromatic rings. The van der Waals surface area contributed by atoms with Crippen molar-refractivity contribution in [2.45, 2.75) is 75.3 Å². The van der Waals surface area contributed by atoms with Crippen molar-refractivity contribution in [3.63, 3.8) is 0 Å². The van der Waals surface area contributed by atoms with Gasteiger partial charge in [0.1, 0.15) is 17.8 Å². The Labute approximate surface area is 207 Å². The number of carbonyl (C=O) groups excluding carboxylic acids is 1. The predicted octanol–water partition coefficient (Wildman–Crippen LogP) is 4.58. The predicted molar refractivity (Wildman–Crippen MR) is 133 cm³/mol. The molecule has 1 spiro atoms. The molecule has 186 valence electrons. The van der Waals surface area contributed by atoms with Gasteiger partial charge in [-0.3, -0.25) is 4.79 Å². The normalized spacial score (nSPS) is 32.3. The highest BCUT2D eigenvalue weighted by Gasteiger charge is 2.65. The lowest BCUT2D eigenvalue weighted by atomic mass is 9.70. The van der Waals surface area contributed by atoms with Crippen molar-refractivity contribution in [1.82, 2.24) is 9.80 Å². The number of ether oxygens (including phenoxy) is 3. The van der Waals surface area contributed by atoms with Gasteiger partial charge in [-0.25, -0.2) is 0 Å². The third kappa shape index (κ3) is 3.14. The van der Waals surface area contributed by atoms with Crippen LogP contribution >= 0.6 is 0 Å². The minimum Gasteiger partial charge on any atom is -0.491 e. The van der Waals surface area contributed by atoms with Crippen molar-refractivity contribution in [3.8, 4) is 17.2 Å². The van der Waals surface area contributed by atoms with Crippen molar-refractivity contribution >= 4 is 5.91 Å². The van der Waals surface area contributed by atoms with Gasteiger partial charge < -0.3 is 24.0 Å². The topological polar surface area (TPSA) is 51.2 Å². The lowest BCUT2D eigenvalue weighted by molar-refractivity contribution is -0.135. The molecule has 6 nitrogen and oxygen atoms in total. The number of rotatable bonds is 4. The van der Waals surface area contributed by atoms with E-state index < -0.39 is 5.41 Å². The summed E-state index contributed by atoms with van der Waals surface area (Å²) in [5.41, 5.74) is 1.04. The summed E-state index contributed by atoms with van der Waals surface area (Å²) in [7, 11) is 0. The monoisotopic (exact) mass is 476 g/mol. The molecule has 2 aliphatic carbocycles. The second-order valence-electron chi connectivity index (χ2n) is 11.5. The molecule has 0 aromatic heterocycles. The van der Waals surface area contributed by atoms with E-state index in [4.69, 9.17) is 14.2 Å². The third-order valence-electron chi connectivity index (χ3n) is 9.79. The highest BCUT2D eigenvalue weighted by molar-refractivity contribution is 5.99. The highest BCUT2D eigenvalue weighted by atomic mass is 16.7. The molecule has 0 radical (unpaired) electrons. The Morgan fingerprint density at radius 2 is 1.77 bits per heavy atom. The Morgan fingerprint density at radius 3 is 2.57 bits per heavy atom. The average molecular weight is 477 g/mol. The number of allylic oxidation sites excluding steroid dienone is 2. The molecule has 6 aliphatic rings. The molecule has 7 rings (SSSR count). The van der Waals surface area contributed by atoms with Crippen molar-refractivity contribution in [2.24, 2.45) is 5.92 Å². The quantitative estimate of drug-likeness (QED) is 0.637. The van der Waals surface area contributed by atoms with Crippen molar-refractivity contribution < 1.29 is 19.0 Å². The van der Waals surface area contributed by atoms with Gasteiger partial charge in [0, 0.05) is 24.2 Å². The van der Waals surface area contributed by atoms with Crippen LogP contribution in [0.15, 0.2) is 35.9 Å². The van der Waals surface area contributed by atoms with E-state index >= 15 is 0 Å². The molecule has 35 heavy (non-hydrogen) atoms. The molecule has 3 fully saturated rings. The Hall–Kier alpha value is -2.47. The fraction of sp³-hybridized carbons (Fsp3) is 0.621. The second kappa shape index (κ2) is 8.02. The Kier molecular flexibility index (Phi) is 4.99. The zero-order valence-electron chi connectivity index (χ0n) is 20.8. The number of hydrogen-bond donors (Lipinski definition) is 0. The minimum atomic E-state index is -0.762. The average Bonchev–Trinajstić information content (AvgIpc) is 3.65. The summed E-state index contributed by atoms with van der Waals surface area (Å²) in [5, 5.41) is 0. The zero-order valence-corrected chi connectivity index (χ0v) is 20.8. The van der Waals surface area contributed by atoms with Gasteiger partial charge in [-0.1, -0.05) is 31.1 Å². The maximum Gasteiger partial charge on any atom is 0.241 e. The molecular weight excluding hydrogens is 440 g/mol. The molecular formula is C29H36N2O4. The van der Waals surface area contributed by atoms with E-state index in [0.717, 1.165) is 36.7 Å². The highest BCUT2D eigenvalue weighted by Crippen LogP contribution is 2.58. The van der Waals surface area contributed by atoms with E-state index in [1.807, 2.05) is 12.1 Å². The van der Waals surface area contributed by atoms with E-state index in [1.165, 1.54) is 57.2 Å². The summed E-state index contributed by atoms with van der Waals surface area (Å²) in [6, 6.07) is 4.72. The summed E-state index contributed by atoms with van der Waals surface area (Å²) in [6.07, 6.45) is 16.5. The third-order valence-corrected chi connectivity index (χ3v) is 9.79. The van der Waals surface area contributed by atoms with Gasteiger partial charge in [-0.05, 0) is 76.1 Å². The van der Waals surface area contributed by atoms with E-state index in [-0.39, 0.29) is 18.2 Å². The van der Waals surface area contributed by atoms with Crippen molar-refractivity contribution in [3.05, 3.63) is 41.5 Å². The first-order valence-corrected chi connectivity index (χ1v) is 13.6. The van der Waals surface area contributed by atoms with Gasteiger partial charge in [-0.2, -0.15) is 0 Å². The molecule has 1 aromatic carbocycles. The fourth-order valence-electron chi connectivity index (χ4n) is 7.75. The second-order valence-corrected chi connectivity index (χ2v) is 11.5. The van der Waals surface area contributed by atoms with Crippen LogP contribution in [0, 0.1) is 5.92 Å². The molecule has 2 atom stereocenters. The van der Waals surface area contributed by atoms with Gasteiger partial charge in [0.2, 0.25) is 12.7 Å². The number of benzene rings is 1. The molecule has 4 aliphatic heterocycles. The number of hydrogen-bond acceptors (Lipinski definition) is 5. The number of likely N-dealkylation sites (tertiary alicyclic amines) is 2. The Balaban J connectivity index is 1.13. The molecule has 2 unspecified atom stereocenters. The molecule has 0 bridgehead atoms. The first-order valence-electron chi connectivity index (χ1n) is 13.6. The van der Waals surface area contributed by atoms with E-state index in [2.05, 4.69) is 35.0 Å². The summed E-state index contributed by atoms with van der Waals surface area (Å²) in [4.78, 5) is 19.3. The number of fused-ring (bicyclic) bond motifs is 5. The van der Waals surface area contributed by atoms with Crippen LogP contribution in [-0.2, 0) is 10.2 Å². The van der Waals surface area contributed by atoms with E-state index in [1.54, 1.807) is 0 Å². The molecule has 2 saturated heterocycles. The molecule has 6 heteroatoms. The van der Waals surface area contributed by atoms with Crippen LogP contribution in [0.4, 0.5) is 0 Å². The SMILES string of the molecule is CC12CC=CC=C1C1(COc3cc4c(cc31)OCO4)C(=O)N2CCC1CCN(C2CCCC2)CC1. The van der Waals surface area contributed by atoms with Crippen LogP contribution in [0.3, 0.4) is 0 Å². The van der Waals surface area contributed by atoms with Crippen LogP contribution in [0.1, 0.15) is 63.9 Å². The maximum absolute atomic E-state index is 14.4. The Morgan fingerprint density at radius 1 is 1.00 bits per heavy atom. The first-order chi connectivity index (χ1) is 17.1. The van der Waals surface area contributed by atoms with E-state index in [9.17, 15) is 4.79 Å². The van der Waals surface area contributed by atoms with Crippen LogP contribution in [0.25, 0.3) is 0 Å². The lowest BCUT2D eigenvalue weighted by Crippen LogP contribution is -2.46.